The van der Waals surface area contributed by atoms with Crippen LogP contribution in [0.4, 0.5) is 0 Å². The molecule has 1 heterocycles. The first kappa shape index (κ1) is 36.7. The second-order valence-electron chi connectivity index (χ2n) is 10.7. The van der Waals surface area contributed by atoms with Crippen LogP contribution in [0.2, 0.25) is 0 Å². The van der Waals surface area contributed by atoms with Crippen molar-refractivity contribution in [3.05, 3.63) is 52.5 Å². The molecule has 0 bridgehead atoms. The minimum atomic E-state index is -0.327. The van der Waals surface area contributed by atoms with Gasteiger partial charge in [-0.3, -0.25) is 0 Å². The van der Waals surface area contributed by atoms with Crippen LogP contribution in [0.25, 0.3) is 0 Å². The fourth-order valence-corrected chi connectivity index (χ4v) is 5.36. The number of nitrogens with zero attached hydrogens (tertiary/aromatic N) is 1. The van der Waals surface area contributed by atoms with E-state index in [1.54, 1.807) is 24.5 Å². The quantitative estimate of drug-likeness (QED) is 0.0813. The van der Waals surface area contributed by atoms with Gasteiger partial charge in [0.1, 0.15) is 12.7 Å². The van der Waals surface area contributed by atoms with E-state index in [2.05, 4.69) is 11.5 Å². The Balaban J connectivity index is 0.00000800. The predicted octanol–water partition coefficient (Wildman–Crippen LogP) is 5.54. The average molecular weight is 641 g/mol. The van der Waals surface area contributed by atoms with Gasteiger partial charge in [0, 0.05) is 19.3 Å². The lowest BCUT2D eigenvalue weighted by molar-refractivity contribution is -0.683. The molecule has 0 fully saturated rings. The maximum absolute atomic E-state index is 12.5. The smallest absolute Gasteiger partial charge is 0.338 e. The molecular weight excluding hydrogens is 586 g/mol. The van der Waals surface area contributed by atoms with Gasteiger partial charge in [0.05, 0.1) is 17.6 Å². The second kappa shape index (κ2) is 25.4. The molecule has 0 N–H and O–H groups in total. The molecule has 1 aromatic carbocycles. The van der Waals surface area contributed by atoms with E-state index in [1.165, 1.54) is 96.3 Å². The fraction of sp³-hybridized carbons (Fsp3) is 0.697. The van der Waals surface area contributed by atoms with Gasteiger partial charge in [-0.2, -0.15) is 4.57 Å². The van der Waals surface area contributed by atoms with E-state index in [4.69, 9.17) is 14.2 Å². The first-order valence-corrected chi connectivity index (χ1v) is 16.4. The predicted molar refractivity (Wildman–Crippen MR) is 162 cm³/mol. The van der Waals surface area contributed by atoms with Crippen molar-refractivity contribution in [2.24, 2.45) is 0 Å². The van der Waals surface area contributed by atoms with Crippen molar-refractivity contribution in [3.8, 4) is 0 Å². The number of ether oxygens (including phenoxy) is 3. The summed E-state index contributed by atoms with van der Waals surface area (Å²) in [7, 11) is 1.63. The molecule has 0 aliphatic rings. The van der Waals surface area contributed by atoms with Crippen molar-refractivity contribution >= 4 is 17.3 Å². The third-order valence-corrected chi connectivity index (χ3v) is 7.91. The molecular formula is C33H54BrNO4S. The van der Waals surface area contributed by atoms with Gasteiger partial charge in [-0.25, -0.2) is 4.79 Å². The first-order valence-electron chi connectivity index (χ1n) is 15.5. The van der Waals surface area contributed by atoms with Crippen molar-refractivity contribution < 1.29 is 40.6 Å². The molecule has 228 valence electrons. The van der Waals surface area contributed by atoms with Gasteiger partial charge < -0.3 is 31.2 Å². The third kappa shape index (κ3) is 18.2. The summed E-state index contributed by atoms with van der Waals surface area (Å²) in [6.07, 6.45) is 23.6. The molecule has 7 heteroatoms. The maximum atomic E-state index is 12.5. The van der Waals surface area contributed by atoms with E-state index in [-0.39, 0.29) is 35.7 Å². The summed E-state index contributed by atoms with van der Waals surface area (Å²) in [6.45, 7) is 4.38. The molecule has 5 nitrogen and oxygen atoms in total. The molecule has 1 unspecified atom stereocenters. The van der Waals surface area contributed by atoms with Crippen LogP contribution in [0, 0.1) is 0 Å². The minimum Gasteiger partial charge on any atom is -1.00 e. The van der Waals surface area contributed by atoms with E-state index >= 15 is 0 Å². The van der Waals surface area contributed by atoms with Crippen LogP contribution in [0.15, 0.2) is 41.4 Å². The van der Waals surface area contributed by atoms with E-state index in [9.17, 15) is 4.79 Å². The number of unbranched alkanes of at least 4 members (excludes halogenated alkanes) is 15. The van der Waals surface area contributed by atoms with Gasteiger partial charge in [-0.05, 0) is 18.6 Å². The van der Waals surface area contributed by atoms with Crippen LogP contribution in [-0.2, 0) is 20.8 Å². The Kier molecular flexibility index (Phi) is 23.4. The number of carbonyl (C=O) groups excluding carboxylic acids is 1. The summed E-state index contributed by atoms with van der Waals surface area (Å²) in [4.78, 5) is 12.5. The van der Waals surface area contributed by atoms with Crippen molar-refractivity contribution in [1.29, 1.82) is 0 Å². The highest BCUT2D eigenvalue weighted by Crippen LogP contribution is 2.14. The molecule has 0 amide bonds. The Morgan fingerprint density at radius 3 is 2.00 bits per heavy atom. The Morgan fingerprint density at radius 1 is 0.850 bits per heavy atom. The van der Waals surface area contributed by atoms with Gasteiger partial charge in [0.25, 0.3) is 0 Å². The number of halogens is 1. The van der Waals surface area contributed by atoms with Gasteiger partial charge in [-0.1, -0.05) is 127 Å². The van der Waals surface area contributed by atoms with Crippen LogP contribution in [0.5, 0.6) is 0 Å². The number of methoxy groups -OCH3 is 1. The summed E-state index contributed by atoms with van der Waals surface area (Å²) in [5.74, 6) is -0.327. The van der Waals surface area contributed by atoms with Crippen LogP contribution in [0.3, 0.4) is 0 Å². The lowest BCUT2D eigenvalue weighted by Crippen LogP contribution is -3.00. The zero-order chi connectivity index (χ0) is 27.8. The normalized spacial score (nSPS) is 11.8. The maximum Gasteiger partial charge on any atom is 0.338 e. The molecule has 2 rings (SSSR count). The van der Waals surface area contributed by atoms with E-state index in [0.717, 1.165) is 25.1 Å². The van der Waals surface area contributed by atoms with Crippen LogP contribution in [0.1, 0.15) is 126 Å². The zero-order valence-corrected chi connectivity index (χ0v) is 27.5. The van der Waals surface area contributed by atoms with Crippen molar-refractivity contribution in [1.82, 2.24) is 0 Å². The van der Waals surface area contributed by atoms with Crippen molar-refractivity contribution in [2.75, 3.05) is 26.9 Å². The Labute approximate surface area is 258 Å². The Morgan fingerprint density at radius 2 is 1.45 bits per heavy atom. The monoisotopic (exact) mass is 639 g/mol. The number of thiazole rings is 1. The number of hydrogen-bond donors (Lipinski definition) is 0. The SMILES string of the molecule is CCCCCCCCCCCCCCCCCCOCC(COC(=O)c1cccc(C[n+]2ccsc2)c1)OC.[Br-]. The van der Waals surface area contributed by atoms with Crippen LogP contribution in [-0.4, -0.2) is 39.0 Å². The summed E-state index contributed by atoms with van der Waals surface area (Å²) in [5.41, 5.74) is 3.68. The summed E-state index contributed by atoms with van der Waals surface area (Å²) in [5, 5.41) is 2.03. The van der Waals surface area contributed by atoms with Crippen molar-refractivity contribution in [2.45, 2.75) is 122 Å². The summed E-state index contributed by atoms with van der Waals surface area (Å²) < 4.78 is 18.9. The summed E-state index contributed by atoms with van der Waals surface area (Å²) >= 11 is 1.65. The standard InChI is InChI=1S/C33H54NO4S.BrH/c1-3-4-5-6-7-8-9-10-11-12-13-14-15-16-17-18-23-37-27-32(36-2)28-38-33(35)31-21-19-20-30(25-31)26-34-22-24-39-29-34;/h19-22,24-25,29,32H,3-18,23,26-28H2,1-2H3;1H/q+1;/p-1. The molecule has 0 saturated carbocycles. The number of rotatable bonds is 25. The number of esters is 1. The molecule has 0 radical (unpaired) electrons. The van der Waals surface area contributed by atoms with Gasteiger partial charge in [-0.15, -0.1) is 0 Å². The number of hydrogen-bond acceptors (Lipinski definition) is 5. The number of benzene rings is 1. The molecule has 0 aliphatic carbocycles. The third-order valence-electron chi connectivity index (χ3n) is 7.23. The lowest BCUT2D eigenvalue weighted by atomic mass is 10.0. The highest BCUT2D eigenvalue weighted by Gasteiger charge is 2.14. The van der Waals surface area contributed by atoms with E-state index in [0.29, 0.717) is 12.2 Å². The molecule has 1 aromatic heterocycles. The zero-order valence-electron chi connectivity index (χ0n) is 25.1. The molecule has 1 atom stereocenters. The largest absolute Gasteiger partial charge is 1.00 e. The molecule has 0 spiro atoms. The molecule has 0 aliphatic heterocycles. The van der Waals surface area contributed by atoms with Crippen LogP contribution >= 0.6 is 11.3 Å². The topological polar surface area (TPSA) is 48.6 Å². The van der Waals surface area contributed by atoms with E-state index < -0.39 is 0 Å². The highest BCUT2D eigenvalue weighted by molar-refractivity contribution is 7.07. The average Bonchev–Trinajstić information content (AvgIpc) is 3.47. The Bertz CT molecular complexity index is 849. The van der Waals surface area contributed by atoms with Gasteiger partial charge in [0.2, 0.25) is 5.51 Å². The summed E-state index contributed by atoms with van der Waals surface area (Å²) in [6, 6.07) is 7.60. The highest BCUT2D eigenvalue weighted by atomic mass is 79.9. The van der Waals surface area contributed by atoms with Gasteiger partial charge >= 0.3 is 5.97 Å². The lowest BCUT2D eigenvalue weighted by Gasteiger charge is -2.16. The molecule has 0 saturated heterocycles. The van der Waals surface area contributed by atoms with E-state index in [1.807, 2.05) is 35.3 Å². The molecule has 2 aromatic rings. The first-order chi connectivity index (χ1) is 19.2. The van der Waals surface area contributed by atoms with Crippen LogP contribution < -0.4 is 21.5 Å². The Hall–Kier alpha value is -1.28. The number of aromatic nitrogens is 1. The van der Waals surface area contributed by atoms with Crippen molar-refractivity contribution in [3.63, 3.8) is 0 Å². The molecule has 40 heavy (non-hydrogen) atoms. The number of carbonyl (C=O) groups is 1. The van der Waals surface area contributed by atoms with Gasteiger partial charge in [0.15, 0.2) is 12.7 Å². The fourth-order valence-electron chi connectivity index (χ4n) is 4.76. The minimum absolute atomic E-state index is 0. The second-order valence-corrected chi connectivity index (χ2v) is 11.5.